The summed E-state index contributed by atoms with van der Waals surface area (Å²) in [5, 5.41) is 11.3. The number of H-pyrrole nitrogens is 1. The monoisotopic (exact) mass is 252 g/mol. The molecule has 4 heteroatoms. The number of rotatable bonds is 1. The first-order valence-electron chi connectivity index (χ1n) is 5.93. The lowest BCUT2D eigenvalue weighted by Gasteiger charge is -2.07. The molecule has 0 unspecified atom stereocenters. The quantitative estimate of drug-likeness (QED) is 0.699. The zero-order valence-electron chi connectivity index (χ0n) is 10.3. The molecule has 0 aliphatic carbocycles. The lowest BCUT2D eigenvalue weighted by atomic mass is 10.0. The number of fused-ring (bicyclic) bond motifs is 1. The molecule has 2 aromatic carbocycles. The fourth-order valence-corrected chi connectivity index (χ4v) is 2.18. The van der Waals surface area contributed by atoms with Gasteiger partial charge in [-0.1, -0.05) is 18.2 Å². The van der Waals surface area contributed by atoms with Crippen LogP contribution in [0.1, 0.15) is 5.69 Å². The van der Waals surface area contributed by atoms with E-state index in [2.05, 4.69) is 9.97 Å². The van der Waals surface area contributed by atoms with Crippen LogP contribution in [0.4, 0.5) is 0 Å². The topological polar surface area (TPSA) is 66.0 Å². The molecule has 0 aliphatic heterocycles. The molecular formula is C15H12N2O2. The van der Waals surface area contributed by atoms with E-state index in [1.54, 1.807) is 19.1 Å². The Morgan fingerprint density at radius 1 is 1.16 bits per heavy atom. The Morgan fingerprint density at radius 2 is 2.00 bits per heavy atom. The van der Waals surface area contributed by atoms with Gasteiger partial charge in [0, 0.05) is 17.3 Å². The third kappa shape index (κ3) is 2.08. The third-order valence-electron chi connectivity index (χ3n) is 2.99. The summed E-state index contributed by atoms with van der Waals surface area (Å²) in [5.41, 5.74) is 1.35. The van der Waals surface area contributed by atoms with Crippen LogP contribution in [0, 0.1) is 6.92 Å². The number of nitrogens with one attached hydrogen (secondary N) is 1. The minimum Gasteiger partial charge on any atom is -0.508 e. The van der Waals surface area contributed by atoms with Crippen molar-refractivity contribution in [1.82, 2.24) is 9.97 Å². The van der Waals surface area contributed by atoms with E-state index in [1.165, 1.54) is 6.07 Å². The van der Waals surface area contributed by atoms with Crippen LogP contribution in [-0.4, -0.2) is 15.1 Å². The predicted octanol–water partition coefficient (Wildman–Crippen LogP) is 2.60. The summed E-state index contributed by atoms with van der Waals surface area (Å²) < 4.78 is 0. The fourth-order valence-electron chi connectivity index (χ4n) is 2.18. The number of aromatic amines is 1. The Morgan fingerprint density at radius 3 is 2.79 bits per heavy atom. The molecule has 0 fully saturated rings. The van der Waals surface area contributed by atoms with Crippen molar-refractivity contribution in [1.29, 1.82) is 0 Å². The van der Waals surface area contributed by atoms with Gasteiger partial charge in [0.05, 0.1) is 0 Å². The SMILES string of the molecule is Cc1cc(=O)[nH]c(-c2cccc3cc(O)ccc23)n1. The summed E-state index contributed by atoms with van der Waals surface area (Å²) in [7, 11) is 0. The smallest absolute Gasteiger partial charge is 0.251 e. The number of phenols is 1. The molecule has 0 spiro atoms. The number of hydrogen-bond donors (Lipinski definition) is 2. The van der Waals surface area contributed by atoms with Gasteiger partial charge in [0.1, 0.15) is 11.6 Å². The number of aryl methyl sites for hydroxylation is 1. The van der Waals surface area contributed by atoms with Crippen molar-refractivity contribution >= 4 is 10.8 Å². The molecule has 4 nitrogen and oxygen atoms in total. The van der Waals surface area contributed by atoms with Gasteiger partial charge in [-0.2, -0.15) is 0 Å². The normalized spacial score (nSPS) is 10.8. The molecule has 94 valence electrons. The minimum atomic E-state index is -0.168. The summed E-state index contributed by atoms with van der Waals surface area (Å²) in [6.07, 6.45) is 0. The van der Waals surface area contributed by atoms with Crippen LogP contribution in [0.15, 0.2) is 47.3 Å². The Balaban J connectivity index is 2.33. The van der Waals surface area contributed by atoms with Crippen molar-refractivity contribution in [2.24, 2.45) is 0 Å². The maximum absolute atomic E-state index is 11.5. The Kier molecular flexibility index (Phi) is 2.56. The zero-order valence-corrected chi connectivity index (χ0v) is 10.3. The summed E-state index contributed by atoms with van der Waals surface area (Å²) in [6.45, 7) is 1.79. The van der Waals surface area contributed by atoms with Crippen LogP contribution >= 0.6 is 0 Å². The largest absolute Gasteiger partial charge is 0.508 e. The van der Waals surface area contributed by atoms with Crippen molar-refractivity contribution in [3.05, 3.63) is 58.5 Å². The molecule has 0 amide bonds. The Hall–Kier alpha value is -2.62. The van der Waals surface area contributed by atoms with E-state index in [-0.39, 0.29) is 11.3 Å². The van der Waals surface area contributed by atoms with Gasteiger partial charge in [-0.25, -0.2) is 4.98 Å². The number of benzene rings is 2. The van der Waals surface area contributed by atoms with E-state index in [0.717, 1.165) is 16.3 Å². The molecule has 1 heterocycles. The Labute approximate surface area is 109 Å². The first-order valence-corrected chi connectivity index (χ1v) is 5.93. The fraction of sp³-hybridized carbons (Fsp3) is 0.0667. The van der Waals surface area contributed by atoms with E-state index in [9.17, 15) is 9.90 Å². The lowest BCUT2D eigenvalue weighted by Crippen LogP contribution is -2.08. The number of nitrogens with zero attached hydrogens (tertiary/aromatic N) is 1. The van der Waals surface area contributed by atoms with Crippen molar-refractivity contribution in [3.63, 3.8) is 0 Å². The first-order chi connectivity index (χ1) is 9.13. The minimum absolute atomic E-state index is 0.168. The molecule has 3 rings (SSSR count). The Bertz CT molecular complexity index is 822. The molecule has 19 heavy (non-hydrogen) atoms. The molecule has 0 saturated heterocycles. The molecule has 0 saturated carbocycles. The van der Waals surface area contributed by atoms with Crippen molar-refractivity contribution in [2.45, 2.75) is 6.92 Å². The summed E-state index contributed by atoms with van der Waals surface area (Å²) >= 11 is 0. The predicted molar refractivity (Wildman–Crippen MR) is 74.2 cm³/mol. The van der Waals surface area contributed by atoms with Crippen LogP contribution in [0.2, 0.25) is 0 Å². The first kappa shape index (κ1) is 11.5. The van der Waals surface area contributed by atoms with Gasteiger partial charge < -0.3 is 10.1 Å². The van der Waals surface area contributed by atoms with E-state index in [0.29, 0.717) is 11.5 Å². The maximum Gasteiger partial charge on any atom is 0.251 e. The van der Waals surface area contributed by atoms with Crippen LogP contribution in [0.5, 0.6) is 5.75 Å². The van der Waals surface area contributed by atoms with Crippen LogP contribution in [0.25, 0.3) is 22.2 Å². The molecule has 0 atom stereocenters. The van der Waals surface area contributed by atoms with E-state index >= 15 is 0 Å². The number of phenolic OH excluding ortho intramolecular Hbond substituents is 1. The molecule has 0 bridgehead atoms. The zero-order chi connectivity index (χ0) is 13.4. The number of aromatic hydroxyl groups is 1. The van der Waals surface area contributed by atoms with Crippen molar-refractivity contribution in [2.75, 3.05) is 0 Å². The second-order valence-electron chi connectivity index (χ2n) is 4.45. The van der Waals surface area contributed by atoms with Gasteiger partial charge in [0.2, 0.25) is 0 Å². The van der Waals surface area contributed by atoms with Crippen LogP contribution in [-0.2, 0) is 0 Å². The van der Waals surface area contributed by atoms with Crippen molar-refractivity contribution < 1.29 is 5.11 Å². The average Bonchev–Trinajstić information content (AvgIpc) is 2.36. The summed E-state index contributed by atoms with van der Waals surface area (Å²) in [5.74, 6) is 0.761. The van der Waals surface area contributed by atoms with E-state index in [4.69, 9.17) is 0 Å². The van der Waals surface area contributed by atoms with Crippen molar-refractivity contribution in [3.8, 4) is 17.1 Å². The summed E-state index contributed by atoms with van der Waals surface area (Å²) in [4.78, 5) is 18.6. The maximum atomic E-state index is 11.5. The van der Waals surface area contributed by atoms with Gasteiger partial charge in [-0.3, -0.25) is 4.79 Å². The molecule has 0 radical (unpaired) electrons. The van der Waals surface area contributed by atoms with Gasteiger partial charge in [-0.15, -0.1) is 0 Å². The number of aromatic nitrogens is 2. The molecule has 3 aromatic rings. The average molecular weight is 252 g/mol. The highest BCUT2D eigenvalue weighted by molar-refractivity contribution is 5.95. The van der Waals surface area contributed by atoms with Gasteiger partial charge in [0.25, 0.3) is 5.56 Å². The lowest BCUT2D eigenvalue weighted by molar-refractivity contribution is 0.476. The highest BCUT2D eigenvalue weighted by Crippen LogP contribution is 2.28. The van der Waals surface area contributed by atoms with E-state index < -0.39 is 0 Å². The highest BCUT2D eigenvalue weighted by atomic mass is 16.3. The number of hydrogen-bond acceptors (Lipinski definition) is 3. The van der Waals surface area contributed by atoms with Gasteiger partial charge in [-0.05, 0) is 35.9 Å². The molecule has 1 aromatic heterocycles. The third-order valence-corrected chi connectivity index (χ3v) is 2.99. The molecular weight excluding hydrogens is 240 g/mol. The summed E-state index contributed by atoms with van der Waals surface area (Å²) in [6, 6.07) is 12.3. The van der Waals surface area contributed by atoms with Crippen LogP contribution in [0.3, 0.4) is 0 Å². The molecule has 2 N–H and O–H groups in total. The standard InChI is InChI=1S/C15H12N2O2/c1-9-7-14(19)17-15(16-9)13-4-2-3-10-8-11(18)5-6-12(10)13/h2-8,18H,1H3,(H,16,17,19). The van der Waals surface area contributed by atoms with E-state index in [1.807, 2.05) is 24.3 Å². The second-order valence-corrected chi connectivity index (χ2v) is 4.45. The highest BCUT2D eigenvalue weighted by Gasteiger charge is 2.07. The molecule has 0 aliphatic rings. The second kappa shape index (κ2) is 4.24. The van der Waals surface area contributed by atoms with Crippen LogP contribution < -0.4 is 5.56 Å². The van der Waals surface area contributed by atoms with Gasteiger partial charge >= 0.3 is 0 Å². The van der Waals surface area contributed by atoms with Gasteiger partial charge in [0.15, 0.2) is 0 Å².